The van der Waals surface area contributed by atoms with Gasteiger partial charge < -0.3 is 9.40 Å². The lowest BCUT2D eigenvalue weighted by Crippen LogP contribution is -2.33. The van der Waals surface area contributed by atoms with Gasteiger partial charge in [0.2, 0.25) is 5.56 Å². The van der Waals surface area contributed by atoms with Crippen LogP contribution < -0.4 is 16.5 Å². The van der Waals surface area contributed by atoms with Crippen molar-refractivity contribution < 1.29 is 9.21 Å². The summed E-state index contributed by atoms with van der Waals surface area (Å²) in [5.74, 6) is 0.00383. The highest BCUT2D eigenvalue weighted by Crippen LogP contribution is 2.30. The number of amides is 1. The summed E-state index contributed by atoms with van der Waals surface area (Å²) in [6, 6.07) is 6.07. The van der Waals surface area contributed by atoms with Crippen molar-refractivity contribution >= 4 is 27.5 Å². The highest BCUT2D eigenvalue weighted by Gasteiger charge is 2.16. The fourth-order valence-electron chi connectivity index (χ4n) is 2.35. The summed E-state index contributed by atoms with van der Waals surface area (Å²) in [5.41, 5.74) is 2.54. The van der Waals surface area contributed by atoms with E-state index in [0.29, 0.717) is 21.5 Å². The maximum atomic E-state index is 12.7. The monoisotopic (exact) mass is 354 g/mol. The molecule has 0 spiro atoms. The van der Waals surface area contributed by atoms with Crippen molar-refractivity contribution in [2.24, 2.45) is 0 Å². The van der Waals surface area contributed by atoms with Crippen LogP contribution in [0.25, 0.3) is 21.5 Å². The summed E-state index contributed by atoms with van der Waals surface area (Å²) in [5, 5.41) is 2.15. The molecule has 124 valence electrons. The largest absolute Gasteiger partial charge is 0.464 e. The summed E-state index contributed by atoms with van der Waals surface area (Å²) in [4.78, 5) is 43.2. The summed E-state index contributed by atoms with van der Waals surface area (Å²) in [6.07, 6.45) is 4.04. The Hall–Kier alpha value is -3.46. The van der Waals surface area contributed by atoms with Gasteiger partial charge in [0.25, 0.3) is 11.5 Å². The summed E-state index contributed by atoms with van der Waals surface area (Å²) < 4.78 is 6.36. The molecule has 0 radical (unpaired) electrons. The summed E-state index contributed by atoms with van der Waals surface area (Å²) >= 11 is 1.32. The Morgan fingerprint density at radius 2 is 2.16 bits per heavy atom. The molecule has 0 bridgehead atoms. The molecule has 0 unspecified atom stereocenters. The average molecular weight is 354 g/mol. The van der Waals surface area contributed by atoms with Crippen LogP contribution in [0.4, 0.5) is 0 Å². The molecular weight excluding hydrogens is 344 g/mol. The van der Waals surface area contributed by atoms with Crippen LogP contribution in [0.1, 0.15) is 10.4 Å². The zero-order chi connectivity index (χ0) is 17.4. The minimum Gasteiger partial charge on any atom is -0.464 e. The number of nitrogens with one attached hydrogen (secondary N) is 2. The third kappa shape index (κ3) is 2.66. The molecule has 0 saturated carbocycles. The molecule has 2 N–H and O–H groups in total. The average Bonchev–Trinajstić information content (AvgIpc) is 3.27. The van der Waals surface area contributed by atoms with Gasteiger partial charge in [-0.15, -0.1) is 11.3 Å². The molecule has 0 aromatic carbocycles. The van der Waals surface area contributed by atoms with E-state index in [9.17, 15) is 14.4 Å². The standard InChI is InChI=1S/C16H10N4O4S/c21-12-4-3-9(6-17-12)14(22)19-20-8-18-15-13(16(20)23)10(7-25-15)11-2-1-5-24-11/h1-8H,(H,17,21)(H,19,22). The van der Waals surface area contributed by atoms with E-state index in [1.54, 1.807) is 17.5 Å². The van der Waals surface area contributed by atoms with E-state index in [1.165, 1.54) is 42.3 Å². The van der Waals surface area contributed by atoms with E-state index < -0.39 is 11.5 Å². The fourth-order valence-corrected chi connectivity index (χ4v) is 3.24. The zero-order valence-electron chi connectivity index (χ0n) is 12.6. The Kier molecular flexibility index (Phi) is 3.55. The van der Waals surface area contributed by atoms with Crippen molar-refractivity contribution in [3.63, 3.8) is 0 Å². The van der Waals surface area contributed by atoms with E-state index in [4.69, 9.17) is 4.42 Å². The maximum absolute atomic E-state index is 12.7. The molecule has 0 aliphatic rings. The number of aromatic nitrogens is 3. The minimum absolute atomic E-state index is 0.211. The number of rotatable bonds is 3. The second-order valence-electron chi connectivity index (χ2n) is 5.11. The number of thiophene rings is 1. The van der Waals surface area contributed by atoms with Crippen LogP contribution in [0.3, 0.4) is 0 Å². The van der Waals surface area contributed by atoms with Crippen LogP contribution in [0.2, 0.25) is 0 Å². The first-order valence-electron chi connectivity index (χ1n) is 7.16. The summed E-state index contributed by atoms with van der Waals surface area (Å²) in [6.45, 7) is 0. The number of pyridine rings is 1. The minimum atomic E-state index is -0.547. The Labute approximate surface area is 143 Å². The predicted octanol–water partition coefficient (Wildman–Crippen LogP) is 1.79. The first-order valence-corrected chi connectivity index (χ1v) is 8.04. The van der Waals surface area contributed by atoms with Crippen LogP contribution in [0, 0.1) is 0 Å². The molecule has 0 aliphatic carbocycles. The van der Waals surface area contributed by atoms with Crippen molar-refractivity contribution in [3.05, 3.63) is 74.7 Å². The van der Waals surface area contributed by atoms with Crippen molar-refractivity contribution in [1.82, 2.24) is 14.6 Å². The van der Waals surface area contributed by atoms with E-state index in [-0.39, 0.29) is 11.1 Å². The van der Waals surface area contributed by atoms with Gasteiger partial charge >= 0.3 is 0 Å². The Bertz CT molecular complexity index is 1170. The quantitative estimate of drug-likeness (QED) is 0.583. The van der Waals surface area contributed by atoms with Gasteiger partial charge in [0, 0.05) is 23.2 Å². The van der Waals surface area contributed by atoms with Gasteiger partial charge in [-0.2, -0.15) is 0 Å². The normalized spacial score (nSPS) is 10.9. The third-order valence-corrected chi connectivity index (χ3v) is 4.44. The van der Waals surface area contributed by atoms with Crippen molar-refractivity contribution in [2.75, 3.05) is 5.43 Å². The first-order chi connectivity index (χ1) is 12.1. The van der Waals surface area contributed by atoms with Gasteiger partial charge in [-0.05, 0) is 18.2 Å². The summed E-state index contributed by atoms with van der Waals surface area (Å²) in [7, 11) is 0. The number of carbonyl (C=O) groups is 1. The lowest BCUT2D eigenvalue weighted by molar-refractivity contribution is 0.101. The van der Waals surface area contributed by atoms with Crippen LogP contribution in [-0.4, -0.2) is 20.6 Å². The van der Waals surface area contributed by atoms with E-state index >= 15 is 0 Å². The Morgan fingerprint density at radius 1 is 1.28 bits per heavy atom. The molecule has 4 aromatic rings. The second kappa shape index (κ2) is 5.87. The van der Waals surface area contributed by atoms with Gasteiger partial charge in [0.05, 0.1) is 17.2 Å². The van der Waals surface area contributed by atoms with Gasteiger partial charge in [-0.3, -0.25) is 19.8 Å². The molecule has 0 aliphatic heterocycles. The zero-order valence-corrected chi connectivity index (χ0v) is 13.4. The SMILES string of the molecule is O=C(Nn1cnc2scc(-c3ccco3)c2c1=O)c1ccc(=O)[nH]c1. The predicted molar refractivity (Wildman–Crippen MR) is 92.3 cm³/mol. The van der Waals surface area contributed by atoms with Crippen LogP contribution >= 0.6 is 11.3 Å². The number of nitrogens with zero attached hydrogens (tertiary/aromatic N) is 2. The number of furan rings is 1. The molecule has 0 atom stereocenters. The molecule has 0 fully saturated rings. The van der Waals surface area contributed by atoms with Gasteiger partial charge in [0.1, 0.15) is 16.9 Å². The maximum Gasteiger partial charge on any atom is 0.281 e. The van der Waals surface area contributed by atoms with Crippen molar-refractivity contribution in [3.8, 4) is 11.3 Å². The van der Waals surface area contributed by atoms with Crippen LogP contribution in [0.5, 0.6) is 0 Å². The lowest BCUT2D eigenvalue weighted by atomic mass is 10.2. The molecule has 25 heavy (non-hydrogen) atoms. The van der Waals surface area contributed by atoms with Gasteiger partial charge in [-0.1, -0.05) is 0 Å². The fraction of sp³-hybridized carbons (Fsp3) is 0. The number of fused-ring (bicyclic) bond motifs is 1. The van der Waals surface area contributed by atoms with E-state index in [1.807, 2.05) is 0 Å². The van der Waals surface area contributed by atoms with Gasteiger partial charge in [0.15, 0.2) is 0 Å². The molecule has 4 heterocycles. The van der Waals surface area contributed by atoms with Gasteiger partial charge in [-0.25, -0.2) is 9.66 Å². The van der Waals surface area contributed by atoms with E-state index in [0.717, 1.165) is 4.68 Å². The highest BCUT2D eigenvalue weighted by atomic mass is 32.1. The first kappa shape index (κ1) is 15.1. The topological polar surface area (TPSA) is 110 Å². The van der Waals surface area contributed by atoms with Crippen LogP contribution in [-0.2, 0) is 0 Å². The molecule has 4 rings (SSSR count). The number of aromatic amines is 1. The van der Waals surface area contributed by atoms with E-state index in [2.05, 4.69) is 15.4 Å². The number of hydrogen-bond donors (Lipinski definition) is 2. The smallest absolute Gasteiger partial charge is 0.281 e. The third-order valence-electron chi connectivity index (χ3n) is 3.55. The molecule has 9 heteroatoms. The molecule has 0 saturated heterocycles. The van der Waals surface area contributed by atoms with Crippen LogP contribution in [0.15, 0.2) is 62.4 Å². The highest BCUT2D eigenvalue weighted by molar-refractivity contribution is 7.17. The number of H-pyrrole nitrogens is 1. The Balaban J connectivity index is 1.75. The molecule has 8 nitrogen and oxygen atoms in total. The molecule has 1 amide bonds. The Morgan fingerprint density at radius 3 is 2.88 bits per heavy atom. The molecular formula is C16H10N4O4S. The number of carbonyl (C=O) groups excluding carboxylic acids is 1. The lowest BCUT2D eigenvalue weighted by Gasteiger charge is -2.07. The number of hydrogen-bond acceptors (Lipinski definition) is 6. The van der Waals surface area contributed by atoms with Crippen molar-refractivity contribution in [1.29, 1.82) is 0 Å². The molecule has 4 aromatic heterocycles. The van der Waals surface area contributed by atoms with Crippen molar-refractivity contribution in [2.45, 2.75) is 0 Å². The second-order valence-corrected chi connectivity index (χ2v) is 5.97.